The molecule has 0 radical (unpaired) electrons. The van der Waals surface area contributed by atoms with Gasteiger partial charge < -0.3 is 14.5 Å². The van der Waals surface area contributed by atoms with Gasteiger partial charge in [-0.05, 0) is 23.7 Å². The van der Waals surface area contributed by atoms with E-state index in [1.54, 1.807) is 0 Å². The first kappa shape index (κ1) is 8.92. The second kappa shape index (κ2) is 2.93. The van der Waals surface area contributed by atoms with Gasteiger partial charge in [0.05, 0.1) is 10.8 Å². The maximum Gasteiger partial charge on any atom is 0.489 e. The van der Waals surface area contributed by atoms with Gasteiger partial charge >= 0.3 is 18.4 Å². The molecule has 2 bridgehead atoms. The minimum Gasteiger partial charge on any atom is -0.423 e. The lowest BCUT2D eigenvalue weighted by Crippen LogP contribution is -2.32. The molecule has 0 spiro atoms. The normalized spacial score (nSPS) is 10.7. The number of hydrogen-bond donors (Lipinski definition) is 2. The molecule has 6 heteroatoms. The first-order valence-corrected chi connectivity index (χ1v) is 3.86. The van der Waals surface area contributed by atoms with Crippen molar-refractivity contribution in [3.63, 3.8) is 0 Å². The average molecular weight is 192 g/mol. The smallest absolute Gasteiger partial charge is 0.423 e. The monoisotopic (exact) mass is 192 g/mol. The van der Waals surface area contributed by atoms with Crippen LogP contribution in [0.15, 0.2) is 32.2 Å². The Morgan fingerprint density at radius 2 is 1.86 bits per heavy atom. The predicted molar refractivity (Wildman–Crippen MR) is 49.8 cm³/mol. The molecule has 0 saturated heterocycles. The SMILES string of the molecule is O=c1oc(=O)c2ccc1cc2B(O)O. The predicted octanol–water partition coefficient (Wildman–Crippen LogP) is -1.73. The van der Waals surface area contributed by atoms with E-state index in [9.17, 15) is 9.59 Å². The Bertz CT molecular complexity index is 573. The summed E-state index contributed by atoms with van der Waals surface area (Å²) in [5.41, 5.74) is -1.66. The summed E-state index contributed by atoms with van der Waals surface area (Å²) in [6.45, 7) is 0. The van der Waals surface area contributed by atoms with E-state index in [4.69, 9.17) is 10.0 Å². The Morgan fingerprint density at radius 1 is 1.14 bits per heavy atom. The lowest BCUT2D eigenvalue weighted by atomic mass is 9.78. The number of rotatable bonds is 1. The van der Waals surface area contributed by atoms with Crippen molar-refractivity contribution in [3.05, 3.63) is 39.0 Å². The molecule has 5 nitrogen and oxygen atoms in total. The molecular weight excluding hydrogens is 187 g/mol. The third kappa shape index (κ3) is 1.21. The molecule has 3 aromatic rings. The molecule has 0 atom stereocenters. The molecule has 0 amide bonds. The van der Waals surface area contributed by atoms with Crippen molar-refractivity contribution < 1.29 is 14.5 Å². The highest BCUT2D eigenvalue weighted by Gasteiger charge is 2.17. The largest absolute Gasteiger partial charge is 0.489 e. The minimum absolute atomic E-state index is 0.00500. The summed E-state index contributed by atoms with van der Waals surface area (Å²) in [4.78, 5) is 22.3. The summed E-state index contributed by atoms with van der Waals surface area (Å²) in [7, 11) is -1.79. The van der Waals surface area contributed by atoms with Crippen LogP contribution in [0.2, 0.25) is 0 Å². The molecule has 0 unspecified atom stereocenters. The molecule has 2 aromatic heterocycles. The zero-order valence-electron chi connectivity index (χ0n) is 6.93. The highest BCUT2D eigenvalue weighted by molar-refractivity contribution is 6.61. The molecule has 14 heavy (non-hydrogen) atoms. The Hall–Kier alpha value is -1.66. The van der Waals surface area contributed by atoms with Crippen LogP contribution >= 0.6 is 0 Å². The minimum atomic E-state index is -1.79. The van der Waals surface area contributed by atoms with Gasteiger partial charge in [-0.25, -0.2) is 9.59 Å². The first-order chi connectivity index (χ1) is 6.59. The van der Waals surface area contributed by atoms with E-state index in [0.29, 0.717) is 0 Å². The fourth-order valence-electron chi connectivity index (χ4n) is 1.29. The van der Waals surface area contributed by atoms with Crippen molar-refractivity contribution in [2.45, 2.75) is 0 Å². The molecule has 70 valence electrons. The van der Waals surface area contributed by atoms with Gasteiger partial charge in [-0.1, -0.05) is 0 Å². The maximum atomic E-state index is 11.2. The van der Waals surface area contributed by atoms with Crippen molar-refractivity contribution in [2.24, 2.45) is 0 Å². The molecular formula is C8H5BO5. The fourth-order valence-corrected chi connectivity index (χ4v) is 1.29. The summed E-state index contributed by atoms with van der Waals surface area (Å²) in [6.07, 6.45) is 0. The van der Waals surface area contributed by atoms with Gasteiger partial charge in [-0.3, -0.25) is 0 Å². The van der Waals surface area contributed by atoms with Gasteiger partial charge in [0.25, 0.3) is 0 Å². The van der Waals surface area contributed by atoms with Gasteiger partial charge in [-0.15, -0.1) is 0 Å². The summed E-state index contributed by atoms with van der Waals surface area (Å²) in [6, 6.07) is 3.96. The fraction of sp³-hybridized carbons (Fsp3) is 0. The Labute approximate surface area is 77.7 Å². The summed E-state index contributed by atoms with van der Waals surface area (Å²) >= 11 is 0. The van der Waals surface area contributed by atoms with Crippen LogP contribution in [0.5, 0.6) is 0 Å². The molecule has 0 saturated carbocycles. The van der Waals surface area contributed by atoms with Crippen LogP contribution in [0.25, 0.3) is 10.8 Å². The second-order valence-corrected chi connectivity index (χ2v) is 2.85. The van der Waals surface area contributed by atoms with Crippen LogP contribution in [0.3, 0.4) is 0 Å². The molecule has 2 N–H and O–H groups in total. The van der Waals surface area contributed by atoms with Crippen molar-refractivity contribution in [3.8, 4) is 0 Å². The number of hydrogen-bond acceptors (Lipinski definition) is 5. The standard InChI is InChI=1S/C8H5BO5/c10-7-4-1-2-5(8(11)14-7)6(3-4)9(12)13/h1-3,12-13H. The zero-order chi connectivity index (χ0) is 10.3. The number of benzene rings is 1. The topological polar surface area (TPSA) is 87.7 Å². The van der Waals surface area contributed by atoms with Crippen LogP contribution < -0.4 is 16.7 Å². The van der Waals surface area contributed by atoms with Crippen molar-refractivity contribution in [1.82, 2.24) is 0 Å². The molecule has 0 aliphatic heterocycles. The van der Waals surface area contributed by atoms with Gasteiger partial charge in [0.2, 0.25) is 0 Å². The Kier molecular flexibility index (Phi) is 1.87. The Morgan fingerprint density at radius 3 is 2.50 bits per heavy atom. The molecule has 0 aliphatic rings. The average Bonchev–Trinajstić information content (AvgIpc) is 2.34. The highest BCUT2D eigenvalue weighted by Crippen LogP contribution is 1.99. The van der Waals surface area contributed by atoms with Gasteiger partial charge in [0.1, 0.15) is 0 Å². The van der Waals surface area contributed by atoms with Crippen LogP contribution in [0, 0.1) is 0 Å². The van der Waals surface area contributed by atoms with Crippen LogP contribution in [-0.4, -0.2) is 17.2 Å². The van der Waals surface area contributed by atoms with Crippen LogP contribution in [0.1, 0.15) is 0 Å². The van der Waals surface area contributed by atoms with Crippen molar-refractivity contribution in [1.29, 1.82) is 0 Å². The summed E-state index contributed by atoms with van der Waals surface area (Å²) < 4.78 is 4.39. The zero-order valence-corrected chi connectivity index (χ0v) is 6.93. The molecule has 2 heterocycles. The summed E-state index contributed by atoms with van der Waals surface area (Å²) in [5.74, 6) is 0. The lowest BCUT2D eigenvalue weighted by Gasteiger charge is -1.97. The van der Waals surface area contributed by atoms with E-state index in [-0.39, 0.29) is 16.2 Å². The third-order valence-corrected chi connectivity index (χ3v) is 1.97. The lowest BCUT2D eigenvalue weighted by molar-refractivity contribution is 0.426. The van der Waals surface area contributed by atoms with Gasteiger partial charge in [0.15, 0.2) is 0 Å². The van der Waals surface area contributed by atoms with E-state index in [1.165, 1.54) is 18.2 Å². The third-order valence-electron chi connectivity index (χ3n) is 1.97. The van der Waals surface area contributed by atoms with E-state index >= 15 is 0 Å². The van der Waals surface area contributed by atoms with E-state index in [2.05, 4.69) is 4.42 Å². The first-order valence-electron chi connectivity index (χ1n) is 3.86. The molecule has 1 aromatic carbocycles. The van der Waals surface area contributed by atoms with Crippen molar-refractivity contribution >= 4 is 23.4 Å². The highest BCUT2D eigenvalue weighted by atomic mass is 16.4. The van der Waals surface area contributed by atoms with Crippen molar-refractivity contribution in [2.75, 3.05) is 0 Å². The molecule has 3 rings (SSSR count). The molecule has 0 fully saturated rings. The maximum absolute atomic E-state index is 11.2. The molecule has 0 aliphatic carbocycles. The summed E-state index contributed by atoms with van der Waals surface area (Å²) in [5, 5.41) is 18.0. The van der Waals surface area contributed by atoms with Crippen LogP contribution in [-0.2, 0) is 0 Å². The quantitative estimate of drug-likeness (QED) is 0.524. The van der Waals surface area contributed by atoms with Gasteiger partial charge in [-0.2, -0.15) is 0 Å². The Balaban J connectivity index is 3.04. The van der Waals surface area contributed by atoms with E-state index in [0.717, 1.165) is 0 Å². The number of fused-ring (bicyclic) bond motifs is 4. The van der Waals surface area contributed by atoms with Crippen LogP contribution in [0.4, 0.5) is 0 Å². The van der Waals surface area contributed by atoms with E-state index in [1.807, 2.05) is 0 Å². The van der Waals surface area contributed by atoms with E-state index < -0.39 is 18.4 Å². The van der Waals surface area contributed by atoms with Gasteiger partial charge in [0, 0.05) is 0 Å². The second-order valence-electron chi connectivity index (χ2n) is 2.85.